The molecule has 0 atom stereocenters. The Kier molecular flexibility index (Phi) is 6.07. The van der Waals surface area contributed by atoms with E-state index in [-0.39, 0.29) is 0 Å². The fourth-order valence-electron chi connectivity index (χ4n) is 1.37. The molecule has 2 heteroatoms. The largest absolute Gasteiger partial charge is 0.293 e. The van der Waals surface area contributed by atoms with Gasteiger partial charge in [-0.3, -0.25) is 4.90 Å². The van der Waals surface area contributed by atoms with Crippen LogP contribution in [0.1, 0.15) is 19.4 Å². The summed E-state index contributed by atoms with van der Waals surface area (Å²) in [5, 5.41) is 0. The smallest absolute Gasteiger partial charge is 0.0605 e. The van der Waals surface area contributed by atoms with E-state index >= 15 is 0 Å². The molecule has 0 N–H and O–H groups in total. The average molecular weight is 233 g/mol. The second kappa shape index (κ2) is 7.38. The van der Waals surface area contributed by atoms with Crippen LogP contribution in [0, 0.1) is 11.8 Å². The van der Waals surface area contributed by atoms with E-state index in [2.05, 4.69) is 61.1 Å². The summed E-state index contributed by atoms with van der Waals surface area (Å²) in [6.45, 7) is 7.32. The highest BCUT2D eigenvalue weighted by Crippen LogP contribution is 2.14. The van der Waals surface area contributed by atoms with Crippen LogP contribution in [-0.4, -0.2) is 30.8 Å². The molecule has 16 heavy (non-hydrogen) atoms. The van der Waals surface area contributed by atoms with Crippen molar-refractivity contribution in [2.24, 2.45) is 0 Å². The van der Waals surface area contributed by atoms with Gasteiger partial charge in [-0.1, -0.05) is 25.7 Å². The van der Waals surface area contributed by atoms with Crippen molar-refractivity contribution in [3.8, 4) is 11.8 Å². The van der Waals surface area contributed by atoms with E-state index in [1.165, 1.54) is 4.90 Å². The molecule has 0 bridgehead atoms. The van der Waals surface area contributed by atoms with Gasteiger partial charge in [0, 0.05) is 10.5 Å². The minimum Gasteiger partial charge on any atom is -0.293 e. The number of rotatable bonds is 4. The van der Waals surface area contributed by atoms with Crippen molar-refractivity contribution in [2.75, 3.05) is 25.9 Å². The van der Waals surface area contributed by atoms with Crippen LogP contribution < -0.4 is 0 Å². The Hall–Kier alpha value is -0.910. The fourth-order valence-corrected chi connectivity index (χ4v) is 1.78. The lowest BCUT2D eigenvalue weighted by molar-refractivity contribution is 0.342. The molecular weight excluding hydrogens is 214 g/mol. The summed E-state index contributed by atoms with van der Waals surface area (Å²) in [6.07, 6.45) is 2.08. The third kappa shape index (κ3) is 4.30. The lowest BCUT2D eigenvalue weighted by Gasteiger charge is -2.13. The van der Waals surface area contributed by atoms with Gasteiger partial charge in [-0.25, -0.2) is 0 Å². The summed E-state index contributed by atoms with van der Waals surface area (Å²) in [4.78, 5) is 3.60. The first-order valence-electron chi connectivity index (χ1n) is 5.65. The van der Waals surface area contributed by atoms with Crippen molar-refractivity contribution in [1.82, 2.24) is 4.90 Å². The normalized spacial score (nSPS) is 10.0. The molecule has 0 aliphatic rings. The van der Waals surface area contributed by atoms with Gasteiger partial charge in [-0.15, -0.1) is 11.8 Å². The van der Waals surface area contributed by atoms with E-state index < -0.39 is 0 Å². The average Bonchev–Trinajstić information content (AvgIpc) is 2.35. The minimum absolute atomic E-state index is 0.858. The summed E-state index contributed by atoms with van der Waals surface area (Å²) >= 11 is 1.76. The summed E-state index contributed by atoms with van der Waals surface area (Å²) < 4.78 is 0. The van der Waals surface area contributed by atoms with Crippen LogP contribution in [-0.2, 0) is 0 Å². The standard InChI is InChI=1S/C14H19NS/c1-4-15(5-2)12-6-7-13-8-10-14(16-3)11-9-13/h8-11H,4-5,12H2,1-3H3. The molecule has 1 nitrogen and oxygen atoms in total. The number of hydrogen-bond donors (Lipinski definition) is 0. The van der Waals surface area contributed by atoms with Crippen LogP contribution in [0.25, 0.3) is 0 Å². The second-order valence-electron chi connectivity index (χ2n) is 3.49. The molecule has 1 rings (SSSR count). The van der Waals surface area contributed by atoms with Crippen LogP contribution in [0.4, 0.5) is 0 Å². The van der Waals surface area contributed by atoms with E-state index in [4.69, 9.17) is 0 Å². The zero-order valence-corrected chi connectivity index (χ0v) is 11.1. The summed E-state index contributed by atoms with van der Waals surface area (Å²) in [6, 6.07) is 8.40. The Balaban J connectivity index is 2.55. The van der Waals surface area contributed by atoms with Crippen molar-refractivity contribution < 1.29 is 0 Å². The molecule has 0 amide bonds. The Bertz CT molecular complexity index is 355. The topological polar surface area (TPSA) is 3.24 Å². The van der Waals surface area contributed by atoms with Crippen LogP contribution in [0.2, 0.25) is 0 Å². The predicted molar refractivity (Wildman–Crippen MR) is 72.9 cm³/mol. The number of thioether (sulfide) groups is 1. The van der Waals surface area contributed by atoms with Gasteiger partial charge in [-0.2, -0.15) is 0 Å². The molecule has 0 aromatic heterocycles. The lowest BCUT2D eigenvalue weighted by atomic mass is 10.2. The highest BCUT2D eigenvalue weighted by atomic mass is 32.2. The SMILES string of the molecule is CCN(CC)CC#Cc1ccc(SC)cc1. The van der Waals surface area contributed by atoms with Crippen molar-refractivity contribution in [2.45, 2.75) is 18.7 Å². The third-order valence-electron chi connectivity index (χ3n) is 2.52. The van der Waals surface area contributed by atoms with E-state index in [1.807, 2.05) is 0 Å². The van der Waals surface area contributed by atoms with E-state index in [0.717, 1.165) is 25.2 Å². The Morgan fingerprint density at radius 3 is 2.25 bits per heavy atom. The summed E-state index contributed by atoms with van der Waals surface area (Å²) in [5.41, 5.74) is 1.10. The molecule has 86 valence electrons. The molecule has 0 heterocycles. The van der Waals surface area contributed by atoms with Crippen molar-refractivity contribution >= 4 is 11.8 Å². The first-order chi connectivity index (χ1) is 7.80. The van der Waals surface area contributed by atoms with E-state index in [1.54, 1.807) is 11.8 Å². The molecule has 0 unspecified atom stereocenters. The highest BCUT2D eigenvalue weighted by Gasteiger charge is 1.93. The molecule has 1 aromatic rings. The van der Waals surface area contributed by atoms with Crippen molar-refractivity contribution in [3.63, 3.8) is 0 Å². The highest BCUT2D eigenvalue weighted by molar-refractivity contribution is 7.98. The van der Waals surface area contributed by atoms with Gasteiger partial charge in [0.15, 0.2) is 0 Å². The van der Waals surface area contributed by atoms with Crippen LogP contribution in [0.3, 0.4) is 0 Å². The Morgan fingerprint density at radius 2 is 1.75 bits per heavy atom. The summed E-state index contributed by atoms with van der Waals surface area (Å²) in [7, 11) is 0. The van der Waals surface area contributed by atoms with Gasteiger partial charge in [0.05, 0.1) is 6.54 Å². The van der Waals surface area contributed by atoms with Gasteiger partial charge < -0.3 is 0 Å². The molecular formula is C14H19NS. The zero-order valence-electron chi connectivity index (χ0n) is 10.3. The van der Waals surface area contributed by atoms with Gasteiger partial charge in [0.1, 0.15) is 0 Å². The zero-order chi connectivity index (χ0) is 11.8. The number of benzene rings is 1. The van der Waals surface area contributed by atoms with Crippen LogP contribution >= 0.6 is 11.8 Å². The maximum atomic E-state index is 3.21. The van der Waals surface area contributed by atoms with E-state index in [0.29, 0.717) is 0 Å². The maximum absolute atomic E-state index is 3.21. The monoisotopic (exact) mass is 233 g/mol. The Labute approximate surface area is 103 Å². The Morgan fingerprint density at radius 1 is 1.12 bits per heavy atom. The first-order valence-corrected chi connectivity index (χ1v) is 6.87. The molecule has 0 aliphatic carbocycles. The molecule has 0 spiro atoms. The van der Waals surface area contributed by atoms with Gasteiger partial charge in [0.25, 0.3) is 0 Å². The lowest BCUT2D eigenvalue weighted by Crippen LogP contribution is -2.22. The van der Waals surface area contributed by atoms with Gasteiger partial charge in [0.2, 0.25) is 0 Å². The van der Waals surface area contributed by atoms with Crippen molar-refractivity contribution in [3.05, 3.63) is 29.8 Å². The van der Waals surface area contributed by atoms with Gasteiger partial charge in [-0.05, 0) is 43.6 Å². The second-order valence-corrected chi connectivity index (χ2v) is 4.37. The van der Waals surface area contributed by atoms with Crippen LogP contribution in [0.5, 0.6) is 0 Å². The number of hydrogen-bond acceptors (Lipinski definition) is 2. The van der Waals surface area contributed by atoms with E-state index in [9.17, 15) is 0 Å². The first kappa shape index (κ1) is 13.2. The van der Waals surface area contributed by atoms with Crippen LogP contribution in [0.15, 0.2) is 29.2 Å². The molecule has 0 aliphatic heterocycles. The molecule has 1 aromatic carbocycles. The fraction of sp³-hybridized carbons (Fsp3) is 0.429. The molecule has 0 saturated heterocycles. The number of nitrogens with zero attached hydrogens (tertiary/aromatic N) is 1. The van der Waals surface area contributed by atoms with Gasteiger partial charge >= 0.3 is 0 Å². The molecule has 0 fully saturated rings. The predicted octanol–water partition coefficient (Wildman–Crippen LogP) is 3.10. The van der Waals surface area contributed by atoms with Crippen molar-refractivity contribution in [1.29, 1.82) is 0 Å². The quantitative estimate of drug-likeness (QED) is 0.581. The molecule has 0 saturated carbocycles. The third-order valence-corrected chi connectivity index (χ3v) is 3.26. The summed E-state index contributed by atoms with van der Waals surface area (Å²) in [5.74, 6) is 6.40. The minimum atomic E-state index is 0.858. The molecule has 0 radical (unpaired) electrons. The maximum Gasteiger partial charge on any atom is 0.0605 e.